The minimum Gasteiger partial charge on any atom is -0.319 e. The first-order chi connectivity index (χ1) is 9.86. The number of rotatable bonds is 4. The van der Waals surface area contributed by atoms with Gasteiger partial charge in [0, 0.05) is 6.54 Å². The molecule has 112 valence electrons. The van der Waals surface area contributed by atoms with Gasteiger partial charge in [-0.05, 0) is 31.5 Å². The molecule has 0 aliphatic heterocycles. The number of imidazole rings is 1. The number of thioether (sulfide) groups is 1. The lowest BCUT2D eigenvalue weighted by atomic mass is 10.2. The molecule has 0 saturated heterocycles. The summed E-state index contributed by atoms with van der Waals surface area (Å²) in [6.07, 6.45) is -3.60. The van der Waals surface area contributed by atoms with Gasteiger partial charge in [-0.3, -0.25) is 0 Å². The highest BCUT2D eigenvalue weighted by molar-refractivity contribution is 8.00. The number of alkyl halides is 3. The summed E-state index contributed by atoms with van der Waals surface area (Å²) in [7, 11) is 0. The number of fused-ring (bicyclic) bond motifs is 1. The van der Waals surface area contributed by atoms with Gasteiger partial charge in [-0.2, -0.15) is 18.4 Å². The van der Waals surface area contributed by atoms with Crippen LogP contribution in [0.4, 0.5) is 13.2 Å². The van der Waals surface area contributed by atoms with E-state index in [-0.39, 0.29) is 5.25 Å². The number of halogens is 3. The summed E-state index contributed by atoms with van der Waals surface area (Å²) in [6.45, 7) is 4.25. The molecule has 0 aliphatic carbocycles. The predicted molar refractivity (Wildman–Crippen MR) is 76.0 cm³/mol. The summed E-state index contributed by atoms with van der Waals surface area (Å²) >= 11 is 1.26. The first-order valence-electron chi connectivity index (χ1n) is 6.50. The van der Waals surface area contributed by atoms with Crippen LogP contribution < -0.4 is 0 Å². The molecule has 1 unspecified atom stereocenters. The molecule has 0 bridgehead atoms. The van der Waals surface area contributed by atoms with Gasteiger partial charge >= 0.3 is 6.18 Å². The van der Waals surface area contributed by atoms with Crippen molar-refractivity contribution in [2.75, 3.05) is 0 Å². The Morgan fingerprint density at radius 1 is 1.43 bits per heavy atom. The molecule has 21 heavy (non-hydrogen) atoms. The molecule has 1 heterocycles. The Morgan fingerprint density at radius 3 is 2.71 bits per heavy atom. The number of nitriles is 1. The maximum atomic E-state index is 12.8. The fraction of sp³-hybridized carbons (Fsp3) is 0.429. The summed E-state index contributed by atoms with van der Waals surface area (Å²) in [4.78, 5) is 4.35. The Balaban J connectivity index is 2.56. The second-order valence-corrected chi connectivity index (χ2v) is 5.94. The molecule has 0 fully saturated rings. The van der Waals surface area contributed by atoms with Crippen molar-refractivity contribution in [1.29, 1.82) is 5.26 Å². The highest BCUT2D eigenvalue weighted by Gasteiger charge is 2.31. The third-order valence-electron chi connectivity index (χ3n) is 2.95. The van der Waals surface area contributed by atoms with E-state index >= 15 is 0 Å². The predicted octanol–water partition coefficient (Wildman–Crippen LogP) is 4.47. The number of aryl methyl sites for hydroxylation is 1. The molecular weight excluding hydrogens is 299 g/mol. The highest BCUT2D eigenvalue weighted by Crippen LogP contribution is 2.33. The second kappa shape index (κ2) is 5.98. The van der Waals surface area contributed by atoms with Crippen LogP contribution in [-0.2, 0) is 12.7 Å². The first-order valence-corrected chi connectivity index (χ1v) is 7.38. The smallest absolute Gasteiger partial charge is 0.319 e. The molecule has 2 rings (SSSR count). The second-order valence-electron chi connectivity index (χ2n) is 4.64. The fourth-order valence-electron chi connectivity index (χ4n) is 1.99. The zero-order chi connectivity index (χ0) is 15.6. The number of benzene rings is 1. The van der Waals surface area contributed by atoms with E-state index in [1.54, 1.807) is 11.5 Å². The van der Waals surface area contributed by atoms with E-state index in [9.17, 15) is 13.2 Å². The van der Waals surface area contributed by atoms with E-state index in [2.05, 4.69) is 11.1 Å². The Kier molecular flexibility index (Phi) is 4.47. The molecule has 3 nitrogen and oxygen atoms in total. The van der Waals surface area contributed by atoms with Crippen LogP contribution in [0.2, 0.25) is 0 Å². The van der Waals surface area contributed by atoms with Gasteiger partial charge in [0.25, 0.3) is 0 Å². The van der Waals surface area contributed by atoms with Gasteiger partial charge in [-0.25, -0.2) is 4.98 Å². The highest BCUT2D eigenvalue weighted by atomic mass is 32.2. The third-order valence-corrected chi connectivity index (χ3v) is 3.93. The monoisotopic (exact) mass is 313 g/mol. The zero-order valence-electron chi connectivity index (χ0n) is 11.6. The van der Waals surface area contributed by atoms with Crippen molar-refractivity contribution in [3.63, 3.8) is 0 Å². The van der Waals surface area contributed by atoms with Crippen molar-refractivity contribution in [2.45, 2.75) is 43.4 Å². The third kappa shape index (κ3) is 3.32. The Morgan fingerprint density at radius 2 is 2.14 bits per heavy atom. The number of hydrogen-bond acceptors (Lipinski definition) is 3. The van der Waals surface area contributed by atoms with Crippen LogP contribution in [0.25, 0.3) is 11.0 Å². The van der Waals surface area contributed by atoms with Crippen LogP contribution in [0.1, 0.15) is 25.8 Å². The number of aromatic nitrogens is 2. The van der Waals surface area contributed by atoms with E-state index in [0.717, 1.165) is 18.6 Å². The average Bonchev–Trinajstić information content (AvgIpc) is 2.75. The summed E-state index contributed by atoms with van der Waals surface area (Å²) in [5, 5.41) is 9.16. The lowest BCUT2D eigenvalue weighted by molar-refractivity contribution is -0.137. The fourth-order valence-corrected chi connectivity index (χ4v) is 2.83. The zero-order valence-corrected chi connectivity index (χ0v) is 12.4. The van der Waals surface area contributed by atoms with Crippen molar-refractivity contribution in [3.05, 3.63) is 23.8 Å². The molecule has 0 amide bonds. The summed E-state index contributed by atoms with van der Waals surface area (Å²) in [5.41, 5.74) is 0.292. The van der Waals surface area contributed by atoms with E-state index in [1.165, 1.54) is 17.8 Å². The number of nitrogens with zero attached hydrogens (tertiary/aromatic N) is 3. The molecular formula is C14H14F3N3S. The molecule has 1 aromatic heterocycles. The van der Waals surface area contributed by atoms with Gasteiger partial charge in [-0.1, -0.05) is 18.7 Å². The molecule has 1 aromatic carbocycles. The topological polar surface area (TPSA) is 41.6 Å². The van der Waals surface area contributed by atoms with Crippen molar-refractivity contribution in [1.82, 2.24) is 9.55 Å². The summed E-state index contributed by atoms with van der Waals surface area (Å²) in [5.74, 6) is 0. The van der Waals surface area contributed by atoms with E-state index < -0.39 is 11.7 Å². The molecule has 2 aromatic rings. The minimum absolute atomic E-state index is 0.306. The first kappa shape index (κ1) is 15.7. The standard InChI is InChI=1S/C14H14F3N3S/c1-3-6-20-12-7-10(14(15,16)17)4-5-11(12)19-13(20)21-9(2)8-18/h4-5,7,9H,3,6H2,1-2H3. The average molecular weight is 313 g/mol. The van der Waals surface area contributed by atoms with E-state index in [4.69, 9.17) is 5.26 Å². The minimum atomic E-state index is -4.37. The van der Waals surface area contributed by atoms with Crippen LogP contribution in [-0.4, -0.2) is 14.8 Å². The van der Waals surface area contributed by atoms with Crippen molar-refractivity contribution < 1.29 is 13.2 Å². The molecule has 0 saturated carbocycles. The number of hydrogen-bond donors (Lipinski definition) is 0. The van der Waals surface area contributed by atoms with E-state index in [1.807, 2.05) is 6.92 Å². The Labute approximate surface area is 124 Å². The van der Waals surface area contributed by atoms with Crippen LogP contribution in [0.5, 0.6) is 0 Å². The van der Waals surface area contributed by atoms with Gasteiger partial charge < -0.3 is 4.57 Å². The normalized spacial score (nSPS) is 13.3. The molecule has 0 spiro atoms. The maximum Gasteiger partial charge on any atom is 0.416 e. The van der Waals surface area contributed by atoms with Crippen LogP contribution >= 0.6 is 11.8 Å². The molecule has 0 N–H and O–H groups in total. The summed E-state index contributed by atoms with van der Waals surface area (Å²) < 4.78 is 40.2. The van der Waals surface area contributed by atoms with Gasteiger partial charge in [-0.15, -0.1) is 0 Å². The van der Waals surface area contributed by atoms with Gasteiger partial charge in [0.1, 0.15) is 0 Å². The summed E-state index contributed by atoms with van der Waals surface area (Å²) in [6, 6.07) is 5.63. The SMILES string of the molecule is CCCn1c(SC(C)C#N)nc2ccc(C(F)(F)F)cc21. The Bertz CT molecular complexity index is 685. The van der Waals surface area contributed by atoms with Crippen LogP contribution in [0.3, 0.4) is 0 Å². The lowest BCUT2D eigenvalue weighted by Gasteiger charge is -2.10. The quantitative estimate of drug-likeness (QED) is 0.782. The maximum absolute atomic E-state index is 12.8. The lowest BCUT2D eigenvalue weighted by Crippen LogP contribution is -2.06. The van der Waals surface area contributed by atoms with Crippen molar-refractivity contribution >= 4 is 22.8 Å². The molecule has 7 heteroatoms. The van der Waals surface area contributed by atoms with E-state index in [0.29, 0.717) is 22.7 Å². The molecule has 1 atom stereocenters. The Hall–Kier alpha value is -1.68. The van der Waals surface area contributed by atoms with Crippen molar-refractivity contribution in [3.8, 4) is 6.07 Å². The van der Waals surface area contributed by atoms with Crippen molar-refractivity contribution in [2.24, 2.45) is 0 Å². The van der Waals surface area contributed by atoms with Gasteiger partial charge in [0.15, 0.2) is 5.16 Å². The van der Waals surface area contributed by atoms with Crippen LogP contribution in [0.15, 0.2) is 23.4 Å². The van der Waals surface area contributed by atoms with Gasteiger partial charge in [0.2, 0.25) is 0 Å². The molecule has 0 aliphatic rings. The van der Waals surface area contributed by atoms with Crippen LogP contribution in [0, 0.1) is 11.3 Å². The molecule has 0 radical (unpaired) electrons. The van der Waals surface area contributed by atoms with Gasteiger partial charge in [0.05, 0.1) is 27.9 Å². The largest absolute Gasteiger partial charge is 0.416 e.